The maximum Gasteiger partial charge on any atom is 0.0714 e. The largest absolute Gasteiger partial charge is 0.311 e. The van der Waals surface area contributed by atoms with Crippen molar-refractivity contribution >= 4 is 38.9 Å². The van der Waals surface area contributed by atoms with Crippen LogP contribution in [-0.4, -0.2) is 9.55 Å². The molecule has 0 fully saturated rings. The maximum atomic E-state index is 4.22. The van der Waals surface area contributed by atoms with Gasteiger partial charge in [-0.25, -0.2) is 0 Å². The maximum absolute atomic E-state index is 4.22. The summed E-state index contributed by atoms with van der Waals surface area (Å²) in [6, 6.07) is 159. The van der Waals surface area contributed by atoms with Crippen LogP contribution in [0.25, 0.3) is 72.1 Å². The molecular weight excluding hydrogens is 1480 g/mol. The molecule has 3 aliphatic rings. The minimum absolute atomic E-state index is 0. The van der Waals surface area contributed by atoms with Crippen LogP contribution >= 0.6 is 0 Å². The van der Waals surface area contributed by atoms with E-state index in [1.54, 1.807) is 6.20 Å². The van der Waals surface area contributed by atoms with Gasteiger partial charge in [-0.05, 0) is 173 Å². The number of hydrogen-bond acceptors (Lipinski definition) is 2. The smallest absolute Gasteiger partial charge is 0.0714 e. The quantitative estimate of drug-likeness (QED) is 0.120. The molecule has 0 atom stereocenters. The van der Waals surface area contributed by atoms with Crippen LogP contribution in [-0.2, 0) is 36.4 Å². The monoisotopic (exact) mass is 1560 g/mol. The van der Waals surface area contributed by atoms with Crippen LogP contribution in [0.2, 0.25) is 0 Å². The van der Waals surface area contributed by atoms with Crippen molar-refractivity contribution in [3.63, 3.8) is 0 Å². The van der Waals surface area contributed by atoms with Crippen molar-refractivity contribution in [2.45, 2.75) is 16.2 Å². The number of benzene rings is 16. The Bertz CT molecular complexity index is 5830. The molecular formula is C104H72IrN3-. The summed E-state index contributed by atoms with van der Waals surface area (Å²) in [5.41, 5.74) is 31.1. The SMILES string of the molecule is [Ir].[c-]1ccccc1-c1ccccn1.c1ccc(C2(c3cccc(-n4c5ccccc5c5ccccc54)c3)c3ccccc3-c3ccccc32)cc1.c1ccc(N(c2ccc(C3(c4ccccc4)c4ccccc4-c4ccccc43)cc2)c2ccc(C3(c4ccccc4)c4ccccc4-c4ccccc43)cc2)cc1. The average Bonchev–Trinajstić information content (AvgIpc) is 1.53. The summed E-state index contributed by atoms with van der Waals surface area (Å²) >= 11 is 0. The number of pyridine rings is 1. The first-order chi connectivity index (χ1) is 53.1. The topological polar surface area (TPSA) is 21.1 Å². The molecule has 0 aliphatic heterocycles. The van der Waals surface area contributed by atoms with Gasteiger partial charge in [-0.2, -0.15) is 0 Å². The standard InChI is InChI=1S/C56H39N.C37H25N.C11H8N.Ir/c1-4-18-40(19-5-1)55(51-28-14-10-24-47(51)48-25-11-15-29-52(48)55)42-32-36-45(37-33-42)57(44-22-8-3-9-23-44)46-38-34-43(35-39-46)56(41-20-6-2-7-21-41)53-30-16-12-26-49(53)50-27-13-17-31-54(50)56;1-2-13-26(14-3-1)37(33-21-8-4-17-29(33)30-18-5-9-22-34(30)37)27-15-12-16-28(25-27)38-35-23-10-6-19-31(35)32-20-7-11-24-36(32)38;1-2-6-10(7-3-1)11-8-4-5-9-12-11;/h1-39H;1-25H;1-6,8-9H;/q;;-1;. The Balaban J connectivity index is 0.000000138. The van der Waals surface area contributed by atoms with Crippen molar-refractivity contribution in [1.29, 1.82) is 0 Å². The van der Waals surface area contributed by atoms with Crippen molar-refractivity contribution in [3.8, 4) is 50.3 Å². The van der Waals surface area contributed by atoms with Crippen molar-refractivity contribution in [2.75, 3.05) is 4.90 Å². The van der Waals surface area contributed by atoms with E-state index in [2.05, 4.69) is 409 Å². The molecule has 513 valence electrons. The van der Waals surface area contributed by atoms with Crippen LogP contribution in [0.1, 0.15) is 66.8 Å². The third-order valence-corrected chi connectivity index (χ3v) is 22.4. The van der Waals surface area contributed by atoms with Gasteiger partial charge < -0.3 is 14.5 Å². The summed E-state index contributed by atoms with van der Waals surface area (Å²) in [5, 5.41) is 2.56. The minimum atomic E-state index is -0.439. The van der Waals surface area contributed by atoms with Crippen LogP contribution in [0.4, 0.5) is 17.1 Å². The van der Waals surface area contributed by atoms with Gasteiger partial charge in [0.1, 0.15) is 0 Å². The zero-order chi connectivity index (χ0) is 71.1. The van der Waals surface area contributed by atoms with Gasteiger partial charge in [-0.1, -0.05) is 340 Å². The van der Waals surface area contributed by atoms with Gasteiger partial charge in [0, 0.05) is 59.8 Å². The Morgan fingerprint density at radius 1 is 0.250 bits per heavy atom. The average molecular weight is 1560 g/mol. The summed E-state index contributed by atoms with van der Waals surface area (Å²) in [6.45, 7) is 0. The van der Waals surface area contributed by atoms with Gasteiger partial charge in [-0.3, -0.25) is 0 Å². The van der Waals surface area contributed by atoms with Crippen molar-refractivity contribution in [2.24, 2.45) is 0 Å². The predicted molar refractivity (Wildman–Crippen MR) is 442 cm³/mol. The Morgan fingerprint density at radius 3 is 0.944 bits per heavy atom. The van der Waals surface area contributed by atoms with Crippen molar-refractivity contribution in [3.05, 3.63) is 510 Å². The summed E-state index contributed by atoms with van der Waals surface area (Å²) in [4.78, 5) is 6.60. The zero-order valence-corrected chi connectivity index (χ0v) is 61.6. The fourth-order valence-corrected chi connectivity index (χ4v) is 18.0. The van der Waals surface area contributed by atoms with Gasteiger partial charge in [0.15, 0.2) is 0 Å². The molecule has 0 saturated carbocycles. The van der Waals surface area contributed by atoms with E-state index >= 15 is 0 Å². The number of rotatable bonds is 11. The molecule has 21 rings (SSSR count). The Morgan fingerprint density at radius 2 is 0.565 bits per heavy atom. The van der Waals surface area contributed by atoms with Crippen molar-refractivity contribution < 1.29 is 20.1 Å². The Labute approximate surface area is 645 Å². The second kappa shape index (κ2) is 28.4. The van der Waals surface area contributed by atoms with E-state index in [-0.39, 0.29) is 20.1 Å². The molecule has 2 heterocycles. The van der Waals surface area contributed by atoms with E-state index in [0.717, 1.165) is 28.3 Å². The third-order valence-electron chi connectivity index (χ3n) is 22.4. The fraction of sp³-hybridized carbons (Fsp3) is 0.0288. The first-order valence-corrected chi connectivity index (χ1v) is 36.9. The molecule has 1 radical (unpaired) electrons. The predicted octanol–water partition coefficient (Wildman–Crippen LogP) is 25.6. The van der Waals surface area contributed by atoms with Gasteiger partial charge in [0.2, 0.25) is 0 Å². The second-order valence-electron chi connectivity index (χ2n) is 27.8. The van der Waals surface area contributed by atoms with E-state index in [1.807, 2.05) is 42.5 Å². The Kier molecular flexibility index (Phi) is 17.6. The number of nitrogens with zero attached hydrogens (tertiary/aromatic N) is 3. The number of fused-ring (bicyclic) bond motifs is 12. The van der Waals surface area contributed by atoms with Crippen LogP contribution in [0.15, 0.2) is 437 Å². The van der Waals surface area contributed by atoms with E-state index in [0.29, 0.717) is 0 Å². The summed E-state index contributed by atoms with van der Waals surface area (Å²) < 4.78 is 2.42. The molecule has 0 unspecified atom stereocenters. The minimum Gasteiger partial charge on any atom is -0.311 e. The second-order valence-corrected chi connectivity index (χ2v) is 27.8. The van der Waals surface area contributed by atoms with Gasteiger partial charge in [0.05, 0.1) is 27.3 Å². The number of hydrogen-bond donors (Lipinski definition) is 0. The number of anilines is 3. The molecule has 3 aliphatic carbocycles. The van der Waals surface area contributed by atoms with E-state index in [4.69, 9.17) is 0 Å². The van der Waals surface area contributed by atoms with Gasteiger partial charge in [0.25, 0.3) is 0 Å². The number of aromatic nitrogens is 2. The van der Waals surface area contributed by atoms with E-state index in [9.17, 15) is 0 Å². The first-order valence-electron chi connectivity index (χ1n) is 36.9. The molecule has 2 aromatic heterocycles. The first kappa shape index (κ1) is 66.8. The summed E-state index contributed by atoms with van der Waals surface area (Å²) in [6.07, 6.45) is 1.79. The molecule has 4 heteroatoms. The van der Waals surface area contributed by atoms with Crippen LogP contribution in [0, 0.1) is 6.07 Å². The molecule has 0 saturated heterocycles. The van der Waals surface area contributed by atoms with Crippen LogP contribution in [0.5, 0.6) is 0 Å². The fourth-order valence-electron chi connectivity index (χ4n) is 18.0. The zero-order valence-electron chi connectivity index (χ0n) is 59.2. The third kappa shape index (κ3) is 10.9. The molecule has 3 nitrogen and oxygen atoms in total. The number of para-hydroxylation sites is 3. The molecule has 0 spiro atoms. The molecule has 18 aromatic rings. The molecule has 0 bridgehead atoms. The summed E-state index contributed by atoms with van der Waals surface area (Å²) in [5.74, 6) is 0. The molecule has 108 heavy (non-hydrogen) atoms. The van der Waals surface area contributed by atoms with Gasteiger partial charge in [-0.15, -0.1) is 35.9 Å². The van der Waals surface area contributed by atoms with E-state index in [1.165, 1.54) is 128 Å². The molecule has 0 amide bonds. The van der Waals surface area contributed by atoms with Gasteiger partial charge >= 0.3 is 0 Å². The van der Waals surface area contributed by atoms with Crippen molar-refractivity contribution in [1.82, 2.24) is 9.55 Å². The Hall–Kier alpha value is -13.1. The molecule has 16 aromatic carbocycles. The normalized spacial score (nSPS) is 13.1. The molecule has 0 N–H and O–H groups in total. The van der Waals surface area contributed by atoms with Crippen LogP contribution < -0.4 is 4.90 Å². The van der Waals surface area contributed by atoms with Crippen LogP contribution in [0.3, 0.4) is 0 Å². The summed E-state index contributed by atoms with van der Waals surface area (Å²) in [7, 11) is 0. The van der Waals surface area contributed by atoms with E-state index < -0.39 is 16.2 Å².